The molecule has 0 spiro atoms. The predicted octanol–water partition coefficient (Wildman–Crippen LogP) is 0.827. The molecule has 0 aliphatic carbocycles. The third-order valence-electron chi connectivity index (χ3n) is 3.19. The lowest BCUT2D eigenvalue weighted by atomic mass is 10.2. The van der Waals surface area contributed by atoms with Crippen molar-refractivity contribution in [3.05, 3.63) is 26.6 Å². The van der Waals surface area contributed by atoms with Gasteiger partial charge < -0.3 is 15.6 Å². The number of hydrogen-bond acceptors (Lipinski definition) is 5. The minimum absolute atomic E-state index is 0.0149. The topological polar surface area (TPSA) is 86.9 Å². The first kappa shape index (κ1) is 14.7. The fourth-order valence-electron chi connectivity index (χ4n) is 1.92. The Balaban J connectivity index is 2.08. The molecule has 0 atom stereocenters. The van der Waals surface area contributed by atoms with Gasteiger partial charge in [0.05, 0.1) is 11.9 Å². The number of aromatic amines is 1. The van der Waals surface area contributed by atoms with Crippen LogP contribution >= 0.6 is 11.3 Å². The molecule has 2 aromatic rings. The molecule has 20 heavy (non-hydrogen) atoms. The highest BCUT2D eigenvalue weighted by atomic mass is 32.1. The zero-order valence-electron chi connectivity index (χ0n) is 11.8. The third-order valence-corrected chi connectivity index (χ3v) is 4.29. The Morgan fingerprint density at radius 2 is 2.15 bits per heavy atom. The van der Waals surface area contributed by atoms with Crippen molar-refractivity contribution in [3.8, 4) is 0 Å². The van der Waals surface area contributed by atoms with Crippen LogP contribution in [0, 0.1) is 13.8 Å². The van der Waals surface area contributed by atoms with Crippen molar-refractivity contribution in [2.45, 2.75) is 26.8 Å². The second-order valence-electron chi connectivity index (χ2n) is 4.58. The minimum Gasteiger partial charge on any atom is -0.359 e. The number of aromatic nitrogens is 2. The van der Waals surface area contributed by atoms with Crippen LogP contribution in [-0.4, -0.2) is 29.5 Å². The number of hydrogen-bond donors (Lipinski definition) is 3. The van der Waals surface area contributed by atoms with Crippen LogP contribution in [0.5, 0.6) is 0 Å². The summed E-state index contributed by atoms with van der Waals surface area (Å²) in [6, 6.07) is 0. The smallest absolute Gasteiger partial charge is 0.259 e. The molecule has 0 fully saturated rings. The van der Waals surface area contributed by atoms with E-state index in [-0.39, 0.29) is 11.5 Å². The number of thiophene rings is 1. The summed E-state index contributed by atoms with van der Waals surface area (Å²) in [7, 11) is 1.61. The van der Waals surface area contributed by atoms with E-state index in [1.54, 1.807) is 7.05 Å². The quantitative estimate of drug-likeness (QED) is 0.713. The third kappa shape index (κ3) is 3.05. The Hall–Kier alpha value is -1.73. The molecule has 0 aliphatic heterocycles. The van der Waals surface area contributed by atoms with E-state index in [0.29, 0.717) is 30.7 Å². The summed E-state index contributed by atoms with van der Waals surface area (Å²) in [6.45, 7) is 4.91. The number of rotatable bonds is 5. The lowest BCUT2D eigenvalue weighted by Gasteiger charge is -2.04. The van der Waals surface area contributed by atoms with E-state index in [0.717, 1.165) is 15.3 Å². The number of H-pyrrole nitrogens is 1. The summed E-state index contributed by atoms with van der Waals surface area (Å²) >= 11 is 1.53. The summed E-state index contributed by atoms with van der Waals surface area (Å²) < 4.78 is 0. The number of nitrogens with zero attached hydrogens (tertiary/aromatic N) is 1. The van der Waals surface area contributed by atoms with Gasteiger partial charge in [-0.15, -0.1) is 11.3 Å². The maximum atomic E-state index is 12.0. The van der Waals surface area contributed by atoms with E-state index >= 15 is 0 Å². The first-order chi connectivity index (χ1) is 9.52. The molecular weight excluding hydrogens is 276 g/mol. The maximum absolute atomic E-state index is 12.0. The standard InChI is InChI=1S/C13H18N4O2S/c1-7-8(2)20-13-11(7)12(19)16-9(17-13)6-15-5-4-10(18)14-3/h15H,4-6H2,1-3H3,(H,14,18)(H,16,17,19). The molecule has 0 radical (unpaired) electrons. The minimum atomic E-state index is -0.0973. The number of amides is 1. The zero-order chi connectivity index (χ0) is 14.7. The average molecular weight is 294 g/mol. The summed E-state index contributed by atoms with van der Waals surface area (Å²) in [4.78, 5) is 32.2. The average Bonchev–Trinajstić information content (AvgIpc) is 2.70. The Morgan fingerprint density at radius 1 is 1.40 bits per heavy atom. The summed E-state index contributed by atoms with van der Waals surface area (Å²) in [5.74, 6) is 0.583. The highest BCUT2D eigenvalue weighted by Crippen LogP contribution is 2.25. The summed E-state index contributed by atoms with van der Waals surface area (Å²) in [5, 5.41) is 6.33. The Morgan fingerprint density at radius 3 is 2.85 bits per heavy atom. The maximum Gasteiger partial charge on any atom is 0.259 e. The van der Waals surface area contributed by atoms with Crippen LogP contribution in [0.25, 0.3) is 10.2 Å². The Labute approximate surface area is 120 Å². The van der Waals surface area contributed by atoms with Gasteiger partial charge >= 0.3 is 0 Å². The van der Waals surface area contributed by atoms with Gasteiger partial charge in [0.25, 0.3) is 5.56 Å². The van der Waals surface area contributed by atoms with Crippen molar-refractivity contribution in [2.75, 3.05) is 13.6 Å². The predicted molar refractivity (Wildman–Crippen MR) is 80.1 cm³/mol. The number of carbonyl (C=O) groups is 1. The van der Waals surface area contributed by atoms with Crippen LogP contribution in [0.15, 0.2) is 4.79 Å². The number of aryl methyl sites for hydroxylation is 2. The van der Waals surface area contributed by atoms with Crippen LogP contribution in [0.1, 0.15) is 22.7 Å². The van der Waals surface area contributed by atoms with Crippen molar-refractivity contribution in [2.24, 2.45) is 0 Å². The van der Waals surface area contributed by atoms with E-state index in [1.165, 1.54) is 11.3 Å². The van der Waals surface area contributed by atoms with Crippen LogP contribution in [0.2, 0.25) is 0 Å². The first-order valence-corrected chi connectivity index (χ1v) is 7.24. The van der Waals surface area contributed by atoms with E-state index < -0.39 is 0 Å². The van der Waals surface area contributed by atoms with Gasteiger partial charge in [-0.1, -0.05) is 0 Å². The second kappa shape index (κ2) is 6.15. The normalized spacial score (nSPS) is 10.9. The number of nitrogens with one attached hydrogen (secondary N) is 3. The molecule has 0 saturated heterocycles. The largest absolute Gasteiger partial charge is 0.359 e. The SMILES string of the molecule is CNC(=O)CCNCc1nc2sc(C)c(C)c2c(=O)[nH]1. The van der Waals surface area contributed by atoms with E-state index in [4.69, 9.17) is 0 Å². The molecule has 1 amide bonds. The van der Waals surface area contributed by atoms with Crippen molar-refractivity contribution in [1.29, 1.82) is 0 Å². The highest BCUT2D eigenvalue weighted by molar-refractivity contribution is 7.18. The Bertz CT molecular complexity index is 689. The van der Waals surface area contributed by atoms with Crippen LogP contribution in [-0.2, 0) is 11.3 Å². The first-order valence-electron chi connectivity index (χ1n) is 6.43. The van der Waals surface area contributed by atoms with Gasteiger partial charge in [-0.2, -0.15) is 0 Å². The molecule has 2 rings (SSSR count). The lowest BCUT2D eigenvalue weighted by Crippen LogP contribution is -2.25. The molecule has 6 nitrogen and oxygen atoms in total. The molecule has 2 heterocycles. The molecule has 0 aromatic carbocycles. The molecular formula is C13H18N4O2S. The van der Waals surface area contributed by atoms with Crippen molar-refractivity contribution in [3.63, 3.8) is 0 Å². The lowest BCUT2D eigenvalue weighted by molar-refractivity contribution is -0.120. The molecule has 3 N–H and O–H groups in total. The fraction of sp³-hybridized carbons (Fsp3) is 0.462. The van der Waals surface area contributed by atoms with Gasteiger partial charge in [-0.05, 0) is 19.4 Å². The highest BCUT2D eigenvalue weighted by Gasteiger charge is 2.11. The van der Waals surface area contributed by atoms with Crippen LogP contribution in [0.4, 0.5) is 0 Å². The zero-order valence-corrected chi connectivity index (χ0v) is 12.6. The van der Waals surface area contributed by atoms with Gasteiger partial charge in [0, 0.05) is 24.9 Å². The van der Waals surface area contributed by atoms with E-state index in [1.807, 2.05) is 13.8 Å². The second-order valence-corrected chi connectivity index (χ2v) is 5.78. The molecule has 0 unspecified atom stereocenters. The van der Waals surface area contributed by atoms with Crippen molar-refractivity contribution >= 4 is 27.5 Å². The fourth-order valence-corrected chi connectivity index (χ4v) is 2.97. The Kier molecular flexibility index (Phi) is 4.51. The number of carbonyl (C=O) groups excluding carboxylic acids is 1. The summed E-state index contributed by atoms with van der Waals surface area (Å²) in [5.41, 5.74) is 0.901. The molecule has 2 aromatic heterocycles. The van der Waals surface area contributed by atoms with Gasteiger partial charge in [0.15, 0.2) is 0 Å². The van der Waals surface area contributed by atoms with Gasteiger partial charge in [-0.25, -0.2) is 4.98 Å². The monoisotopic (exact) mass is 294 g/mol. The van der Waals surface area contributed by atoms with Gasteiger partial charge in [-0.3, -0.25) is 9.59 Å². The van der Waals surface area contributed by atoms with Crippen LogP contribution < -0.4 is 16.2 Å². The van der Waals surface area contributed by atoms with Crippen molar-refractivity contribution in [1.82, 2.24) is 20.6 Å². The van der Waals surface area contributed by atoms with Gasteiger partial charge in [0.1, 0.15) is 10.7 Å². The molecule has 7 heteroatoms. The molecule has 108 valence electrons. The van der Waals surface area contributed by atoms with E-state index in [9.17, 15) is 9.59 Å². The molecule has 0 aliphatic rings. The molecule has 0 bridgehead atoms. The number of fused-ring (bicyclic) bond motifs is 1. The van der Waals surface area contributed by atoms with Crippen LogP contribution in [0.3, 0.4) is 0 Å². The molecule has 0 saturated carbocycles. The van der Waals surface area contributed by atoms with Gasteiger partial charge in [0.2, 0.25) is 5.91 Å². The van der Waals surface area contributed by atoms with Crippen molar-refractivity contribution < 1.29 is 4.79 Å². The summed E-state index contributed by atoms with van der Waals surface area (Å²) in [6.07, 6.45) is 0.403. The van der Waals surface area contributed by atoms with E-state index in [2.05, 4.69) is 20.6 Å².